The van der Waals surface area contributed by atoms with Crippen LogP contribution in [0.2, 0.25) is 0 Å². The first-order valence-electron chi connectivity index (χ1n) is 7.56. The number of hydrogen-bond donors (Lipinski definition) is 1. The third-order valence-electron chi connectivity index (χ3n) is 3.73. The summed E-state index contributed by atoms with van der Waals surface area (Å²) in [6.45, 7) is 4.12. The molecule has 1 atom stereocenters. The van der Waals surface area contributed by atoms with E-state index in [0.717, 1.165) is 36.9 Å². The first-order valence-corrected chi connectivity index (χ1v) is 8.38. The van der Waals surface area contributed by atoms with E-state index in [1.807, 2.05) is 31.3 Å². The lowest BCUT2D eigenvalue weighted by molar-refractivity contribution is 0.527. The molecule has 2 aromatic rings. The number of nitrogens with one attached hydrogen (secondary N) is 1. The number of piperidine rings is 1. The second-order valence-electron chi connectivity index (χ2n) is 5.82. The Labute approximate surface area is 135 Å². The molecule has 1 fully saturated rings. The van der Waals surface area contributed by atoms with Gasteiger partial charge in [-0.3, -0.25) is 0 Å². The Morgan fingerprint density at radius 1 is 1.36 bits per heavy atom. The number of aryl methyl sites for hydroxylation is 1. The third kappa shape index (κ3) is 3.47. The molecule has 0 aliphatic carbocycles. The molecule has 1 N–H and O–H groups in total. The summed E-state index contributed by atoms with van der Waals surface area (Å²) in [5.74, 6) is 1.62. The second kappa shape index (κ2) is 6.48. The molecule has 0 spiro atoms. The molecule has 0 bridgehead atoms. The SMILES string of the molecule is Cc1cnc(N2CCCC(Nc3nccc(N(C)C)n3)C2)s1. The highest BCUT2D eigenvalue weighted by molar-refractivity contribution is 7.15. The second-order valence-corrected chi connectivity index (χ2v) is 7.03. The summed E-state index contributed by atoms with van der Waals surface area (Å²) in [6.07, 6.45) is 6.04. The Morgan fingerprint density at radius 3 is 2.95 bits per heavy atom. The standard InChI is InChI=1S/C15H22N6S/c1-11-9-17-15(22-11)21-8-4-5-12(10-21)18-14-16-7-6-13(19-14)20(2)3/h6-7,9,12H,4-5,8,10H2,1-3H3,(H,16,18,19). The van der Waals surface area contributed by atoms with Gasteiger partial charge in [-0.1, -0.05) is 0 Å². The molecule has 118 valence electrons. The molecular weight excluding hydrogens is 296 g/mol. The number of rotatable bonds is 4. The van der Waals surface area contributed by atoms with Crippen molar-refractivity contribution in [3.8, 4) is 0 Å². The van der Waals surface area contributed by atoms with Gasteiger partial charge in [0, 0.05) is 50.5 Å². The van der Waals surface area contributed by atoms with Crippen LogP contribution in [-0.4, -0.2) is 48.2 Å². The lowest BCUT2D eigenvalue weighted by atomic mass is 10.1. The summed E-state index contributed by atoms with van der Waals surface area (Å²) < 4.78 is 0. The van der Waals surface area contributed by atoms with Crippen LogP contribution < -0.4 is 15.1 Å². The number of aromatic nitrogens is 3. The van der Waals surface area contributed by atoms with Crippen molar-refractivity contribution in [3.05, 3.63) is 23.3 Å². The summed E-state index contributed by atoms with van der Waals surface area (Å²) in [5, 5.41) is 4.59. The fourth-order valence-corrected chi connectivity index (χ4v) is 3.40. The molecule has 6 nitrogen and oxygen atoms in total. The zero-order chi connectivity index (χ0) is 15.5. The van der Waals surface area contributed by atoms with Gasteiger partial charge >= 0.3 is 0 Å². The molecule has 1 saturated heterocycles. The van der Waals surface area contributed by atoms with Crippen LogP contribution in [0.25, 0.3) is 0 Å². The molecule has 3 rings (SSSR count). The van der Waals surface area contributed by atoms with E-state index in [9.17, 15) is 0 Å². The topological polar surface area (TPSA) is 57.2 Å². The molecule has 7 heteroatoms. The smallest absolute Gasteiger partial charge is 0.224 e. The van der Waals surface area contributed by atoms with Crippen molar-refractivity contribution in [1.82, 2.24) is 15.0 Å². The van der Waals surface area contributed by atoms with Crippen molar-refractivity contribution in [3.63, 3.8) is 0 Å². The lowest BCUT2D eigenvalue weighted by Crippen LogP contribution is -2.42. The van der Waals surface area contributed by atoms with Gasteiger partial charge < -0.3 is 15.1 Å². The summed E-state index contributed by atoms with van der Waals surface area (Å²) in [5.41, 5.74) is 0. The van der Waals surface area contributed by atoms with Crippen molar-refractivity contribution >= 4 is 28.2 Å². The van der Waals surface area contributed by atoms with Gasteiger partial charge in [0.15, 0.2) is 5.13 Å². The zero-order valence-corrected chi connectivity index (χ0v) is 14.1. The lowest BCUT2D eigenvalue weighted by Gasteiger charge is -2.33. The van der Waals surface area contributed by atoms with Crippen LogP contribution in [0.1, 0.15) is 17.7 Å². The average molecular weight is 318 g/mol. The van der Waals surface area contributed by atoms with E-state index < -0.39 is 0 Å². The van der Waals surface area contributed by atoms with Gasteiger partial charge in [-0.2, -0.15) is 4.98 Å². The Kier molecular flexibility index (Phi) is 4.42. The molecule has 2 aromatic heterocycles. The first kappa shape index (κ1) is 15.0. The zero-order valence-electron chi connectivity index (χ0n) is 13.3. The van der Waals surface area contributed by atoms with Gasteiger partial charge in [0.1, 0.15) is 5.82 Å². The maximum atomic E-state index is 4.54. The molecule has 3 heterocycles. The average Bonchev–Trinajstić information content (AvgIpc) is 2.94. The maximum absolute atomic E-state index is 4.54. The van der Waals surface area contributed by atoms with E-state index in [0.29, 0.717) is 12.0 Å². The molecule has 1 unspecified atom stereocenters. The minimum absolute atomic E-state index is 0.357. The Bertz CT molecular complexity index is 626. The van der Waals surface area contributed by atoms with E-state index in [4.69, 9.17) is 0 Å². The quantitative estimate of drug-likeness (QED) is 0.934. The largest absolute Gasteiger partial charge is 0.363 e. The summed E-state index contributed by atoms with van der Waals surface area (Å²) in [4.78, 5) is 19.0. The van der Waals surface area contributed by atoms with Crippen molar-refractivity contribution < 1.29 is 0 Å². The van der Waals surface area contributed by atoms with Gasteiger partial charge in [0.05, 0.1) is 0 Å². The van der Waals surface area contributed by atoms with Crippen LogP contribution in [0.5, 0.6) is 0 Å². The van der Waals surface area contributed by atoms with Crippen LogP contribution in [0.4, 0.5) is 16.9 Å². The normalized spacial score (nSPS) is 18.3. The third-order valence-corrected chi connectivity index (χ3v) is 4.71. The molecule has 0 amide bonds. The highest BCUT2D eigenvalue weighted by Gasteiger charge is 2.22. The predicted molar refractivity (Wildman–Crippen MR) is 92.1 cm³/mol. The van der Waals surface area contributed by atoms with Crippen LogP contribution in [-0.2, 0) is 0 Å². The van der Waals surface area contributed by atoms with Crippen molar-refractivity contribution in [2.45, 2.75) is 25.8 Å². The van der Waals surface area contributed by atoms with Crippen LogP contribution in [0.3, 0.4) is 0 Å². The Hall–Kier alpha value is -1.89. The van der Waals surface area contributed by atoms with Gasteiger partial charge in [-0.15, -0.1) is 11.3 Å². The fourth-order valence-electron chi connectivity index (χ4n) is 2.61. The van der Waals surface area contributed by atoms with Gasteiger partial charge in [0.2, 0.25) is 5.95 Å². The van der Waals surface area contributed by atoms with Crippen LogP contribution >= 0.6 is 11.3 Å². The first-order chi connectivity index (χ1) is 10.6. The van der Waals surface area contributed by atoms with Gasteiger partial charge in [-0.05, 0) is 25.8 Å². The van der Waals surface area contributed by atoms with E-state index in [1.54, 1.807) is 17.5 Å². The van der Waals surface area contributed by atoms with Crippen molar-refractivity contribution in [2.75, 3.05) is 42.3 Å². The minimum Gasteiger partial charge on any atom is -0.363 e. The Balaban J connectivity index is 1.66. The molecule has 0 saturated carbocycles. The molecule has 0 aromatic carbocycles. The van der Waals surface area contributed by atoms with E-state index in [1.165, 1.54) is 4.88 Å². The van der Waals surface area contributed by atoms with Crippen molar-refractivity contribution in [1.29, 1.82) is 0 Å². The number of anilines is 3. The van der Waals surface area contributed by atoms with Crippen LogP contribution in [0, 0.1) is 6.92 Å². The predicted octanol–water partition coefficient (Wildman–Crippen LogP) is 2.39. The van der Waals surface area contributed by atoms with Crippen molar-refractivity contribution in [2.24, 2.45) is 0 Å². The molecule has 1 aliphatic rings. The summed E-state index contributed by atoms with van der Waals surface area (Å²) in [6, 6.07) is 2.27. The minimum atomic E-state index is 0.357. The highest BCUT2D eigenvalue weighted by atomic mass is 32.1. The fraction of sp³-hybridized carbons (Fsp3) is 0.533. The van der Waals surface area contributed by atoms with Gasteiger partial charge in [-0.25, -0.2) is 9.97 Å². The number of nitrogens with zero attached hydrogens (tertiary/aromatic N) is 5. The summed E-state index contributed by atoms with van der Waals surface area (Å²) in [7, 11) is 3.97. The molecule has 0 radical (unpaired) electrons. The molecule has 1 aliphatic heterocycles. The monoisotopic (exact) mass is 318 g/mol. The van der Waals surface area contributed by atoms with E-state index >= 15 is 0 Å². The van der Waals surface area contributed by atoms with E-state index in [2.05, 4.69) is 32.1 Å². The molecular formula is C15H22N6S. The number of thiazole rings is 1. The van der Waals surface area contributed by atoms with E-state index in [-0.39, 0.29) is 0 Å². The number of hydrogen-bond acceptors (Lipinski definition) is 7. The molecule has 22 heavy (non-hydrogen) atoms. The van der Waals surface area contributed by atoms with Crippen LogP contribution in [0.15, 0.2) is 18.5 Å². The Morgan fingerprint density at radius 2 is 2.23 bits per heavy atom. The summed E-state index contributed by atoms with van der Waals surface area (Å²) >= 11 is 1.76. The highest BCUT2D eigenvalue weighted by Crippen LogP contribution is 2.25. The maximum Gasteiger partial charge on any atom is 0.224 e. The van der Waals surface area contributed by atoms with Gasteiger partial charge in [0.25, 0.3) is 0 Å².